The van der Waals surface area contributed by atoms with Crippen molar-refractivity contribution in [1.82, 2.24) is 0 Å². The van der Waals surface area contributed by atoms with Crippen LogP contribution >= 0.6 is 11.6 Å². The predicted octanol–water partition coefficient (Wildman–Crippen LogP) is 0.618. The zero-order chi connectivity index (χ0) is 7.56. The third-order valence-electron chi connectivity index (χ3n) is 1.38. The van der Waals surface area contributed by atoms with Crippen LogP contribution in [0.3, 0.4) is 0 Å². The van der Waals surface area contributed by atoms with Crippen LogP contribution in [0.15, 0.2) is 18.2 Å². The van der Waals surface area contributed by atoms with E-state index in [1.54, 1.807) is 0 Å². The van der Waals surface area contributed by atoms with Gasteiger partial charge in [0.05, 0.1) is 0 Å². The van der Waals surface area contributed by atoms with Gasteiger partial charge in [-0.3, -0.25) is 0 Å². The molecular weight excluding hydrogens is 146 g/mol. The number of rotatable bonds is 1. The molecule has 0 aliphatic rings. The lowest BCUT2D eigenvalue weighted by Crippen LogP contribution is -2.14. The molecule has 0 aliphatic carbocycles. The molecule has 0 heterocycles. The van der Waals surface area contributed by atoms with Crippen LogP contribution in [0.5, 0.6) is 0 Å². The lowest BCUT2D eigenvalue weighted by molar-refractivity contribution is 0.615. The maximum Gasteiger partial charge on any atom is 0.306 e. The van der Waals surface area contributed by atoms with E-state index in [0.29, 0.717) is 5.02 Å². The first kappa shape index (κ1) is 7.64. The highest BCUT2D eigenvalue weighted by Crippen LogP contribution is 2.06. The second-order valence-corrected chi connectivity index (χ2v) is 2.66. The van der Waals surface area contributed by atoms with Crippen molar-refractivity contribution in [3.63, 3.8) is 0 Å². The molecule has 1 rings (SSSR count). The van der Waals surface area contributed by atoms with E-state index in [0.717, 1.165) is 11.0 Å². The first-order chi connectivity index (χ1) is 4.74. The van der Waals surface area contributed by atoms with Gasteiger partial charge in [-0.2, -0.15) is 0 Å². The van der Waals surface area contributed by atoms with Crippen LogP contribution in [0.25, 0.3) is 0 Å². The lowest BCUT2D eigenvalue weighted by Gasteiger charge is -1.98. The summed E-state index contributed by atoms with van der Waals surface area (Å²) in [6.07, 6.45) is 0. The monoisotopic (exact) mass is 154 g/mol. The van der Waals surface area contributed by atoms with Gasteiger partial charge in [-0.05, 0) is 24.0 Å². The molecule has 0 saturated carbocycles. The summed E-state index contributed by atoms with van der Waals surface area (Å²) in [6.45, 7) is 1.97. The minimum absolute atomic E-state index is 0.0130. The average molecular weight is 154 g/mol. The zero-order valence-electron chi connectivity index (χ0n) is 5.76. The van der Waals surface area contributed by atoms with E-state index >= 15 is 0 Å². The van der Waals surface area contributed by atoms with Gasteiger partial charge in [0.1, 0.15) is 0 Å². The molecule has 1 nitrogen and oxygen atoms in total. The molecule has 0 radical (unpaired) electrons. The summed E-state index contributed by atoms with van der Waals surface area (Å²) in [5, 5.41) is 9.37. The van der Waals surface area contributed by atoms with Crippen molar-refractivity contribution in [3.8, 4) is 0 Å². The van der Waals surface area contributed by atoms with Crippen molar-refractivity contribution in [1.29, 1.82) is 0 Å². The van der Waals surface area contributed by atoms with Crippen molar-refractivity contribution in [2.24, 2.45) is 0 Å². The first-order valence-corrected chi connectivity index (χ1v) is 3.47. The quantitative estimate of drug-likeness (QED) is 0.588. The van der Waals surface area contributed by atoms with Gasteiger partial charge in [-0.1, -0.05) is 23.7 Å². The van der Waals surface area contributed by atoms with Gasteiger partial charge in [0.25, 0.3) is 0 Å². The van der Waals surface area contributed by atoms with Crippen LogP contribution in [0.1, 0.15) is 5.56 Å². The molecule has 0 fully saturated rings. The molecule has 3 heteroatoms. The Morgan fingerprint density at radius 1 is 1.50 bits per heavy atom. The second-order valence-electron chi connectivity index (χ2n) is 2.25. The molecule has 52 valence electrons. The summed E-state index contributed by atoms with van der Waals surface area (Å²) in [6, 6.07) is 5.60. The highest BCUT2D eigenvalue weighted by molar-refractivity contribution is 6.52. The van der Waals surface area contributed by atoms with Gasteiger partial charge in [0.2, 0.25) is 0 Å². The number of benzene rings is 1. The smallest absolute Gasteiger partial charge is 0.306 e. The lowest BCUT2D eigenvalue weighted by atomic mass is 9.88. The second kappa shape index (κ2) is 3.08. The van der Waals surface area contributed by atoms with Crippen LogP contribution < -0.4 is 5.46 Å². The van der Waals surface area contributed by atoms with E-state index in [1.807, 2.05) is 25.1 Å². The Hall–Kier alpha value is -0.465. The molecule has 0 aromatic heterocycles. The van der Waals surface area contributed by atoms with Crippen LogP contribution in [0.4, 0.5) is 0 Å². The molecule has 1 N–H and O–H groups in total. The minimum atomic E-state index is 0.0130. The third-order valence-corrected chi connectivity index (χ3v) is 1.73. The fourth-order valence-electron chi connectivity index (χ4n) is 0.781. The Morgan fingerprint density at radius 2 is 2.20 bits per heavy atom. The fourth-order valence-corrected chi connectivity index (χ4v) is 1.08. The Balaban J connectivity index is 3.07. The fraction of sp³-hybridized carbons (Fsp3) is 0.143. The number of hydrogen-bond acceptors (Lipinski definition) is 1. The van der Waals surface area contributed by atoms with Gasteiger partial charge in [0.15, 0.2) is 0 Å². The van der Waals surface area contributed by atoms with Crippen LogP contribution in [0.2, 0.25) is 5.02 Å². The molecular formula is C7H8BClO. The standard InChI is InChI=1S/C7H8BClO/c1-5-2-3-6(8-10)7(9)4-5/h2-4,8,10H,1H3. The largest absolute Gasteiger partial charge is 0.449 e. The minimum Gasteiger partial charge on any atom is -0.449 e. The molecule has 0 amide bonds. The van der Waals surface area contributed by atoms with E-state index in [-0.39, 0.29) is 7.48 Å². The van der Waals surface area contributed by atoms with Crippen LogP contribution in [0, 0.1) is 6.92 Å². The summed E-state index contributed by atoms with van der Waals surface area (Å²) in [5.41, 5.74) is 1.90. The number of aryl methyl sites for hydroxylation is 1. The summed E-state index contributed by atoms with van der Waals surface area (Å²) < 4.78 is 0. The van der Waals surface area contributed by atoms with E-state index in [4.69, 9.17) is 16.6 Å². The van der Waals surface area contributed by atoms with Crippen molar-refractivity contribution in [3.05, 3.63) is 28.8 Å². The van der Waals surface area contributed by atoms with Crippen molar-refractivity contribution >= 4 is 24.5 Å². The number of hydrogen-bond donors (Lipinski definition) is 1. The maximum absolute atomic E-state index is 8.72. The van der Waals surface area contributed by atoms with E-state index in [2.05, 4.69) is 0 Å². The Labute approximate surface area is 65.9 Å². The molecule has 0 bridgehead atoms. The molecule has 0 atom stereocenters. The zero-order valence-corrected chi connectivity index (χ0v) is 6.52. The van der Waals surface area contributed by atoms with Gasteiger partial charge < -0.3 is 5.02 Å². The highest BCUT2D eigenvalue weighted by atomic mass is 35.5. The molecule has 1 aromatic carbocycles. The van der Waals surface area contributed by atoms with Gasteiger partial charge in [0, 0.05) is 5.02 Å². The Bertz CT molecular complexity index is 237. The van der Waals surface area contributed by atoms with E-state index in [1.165, 1.54) is 0 Å². The summed E-state index contributed by atoms with van der Waals surface area (Å²) in [4.78, 5) is 0. The average Bonchev–Trinajstić information content (AvgIpc) is 1.88. The first-order valence-electron chi connectivity index (χ1n) is 3.10. The highest BCUT2D eigenvalue weighted by Gasteiger charge is 1.98. The predicted molar refractivity (Wildman–Crippen MR) is 45.2 cm³/mol. The topological polar surface area (TPSA) is 20.2 Å². The molecule has 0 aliphatic heterocycles. The Morgan fingerprint density at radius 3 is 2.70 bits per heavy atom. The summed E-state index contributed by atoms with van der Waals surface area (Å²) >= 11 is 5.77. The molecule has 0 spiro atoms. The van der Waals surface area contributed by atoms with Crippen molar-refractivity contribution in [2.75, 3.05) is 0 Å². The molecule has 0 saturated heterocycles. The molecule has 1 aromatic rings. The number of halogens is 1. The third kappa shape index (κ3) is 1.52. The van der Waals surface area contributed by atoms with E-state index in [9.17, 15) is 0 Å². The van der Waals surface area contributed by atoms with Gasteiger partial charge >= 0.3 is 7.48 Å². The van der Waals surface area contributed by atoms with Gasteiger partial charge in [-0.25, -0.2) is 0 Å². The normalized spacial score (nSPS) is 9.50. The molecule has 0 unspecified atom stereocenters. The SMILES string of the molecule is Cc1ccc(BO)c(Cl)c1. The maximum atomic E-state index is 8.72. The summed E-state index contributed by atoms with van der Waals surface area (Å²) in [5.74, 6) is 0. The van der Waals surface area contributed by atoms with Crippen molar-refractivity contribution in [2.45, 2.75) is 6.92 Å². The van der Waals surface area contributed by atoms with Crippen molar-refractivity contribution < 1.29 is 5.02 Å². The van der Waals surface area contributed by atoms with Crippen LogP contribution in [-0.2, 0) is 0 Å². The Kier molecular flexibility index (Phi) is 2.36. The summed E-state index contributed by atoms with van der Waals surface area (Å²) in [7, 11) is 0.0130. The van der Waals surface area contributed by atoms with Gasteiger partial charge in [-0.15, -0.1) is 0 Å². The molecule has 10 heavy (non-hydrogen) atoms. The van der Waals surface area contributed by atoms with Crippen LogP contribution in [-0.4, -0.2) is 12.5 Å². The van der Waals surface area contributed by atoms with E-state index < -0.39 is 0 Å².